The predicted octanol–water partition coefficient (Wildman–Crippen LogP) is 2.32. The predicted molar refractivity (Wildman–Crippen MR) is 48.8 cm³/mol. The smallest absolute Gasteiger partial charge is 0.134 e. The molecule has 0 amide bonds. The maximum Gasteiger partial charge on any atom is 0.134 e. The molecule has 0 aliphatic heterocycles. The Labute approximate surface area is 80.4 Å². The molecule has 0 fully saturated rings. The maximum absolute atomic E-state index is 9.27. The molecule has 1 aromatic carbocycles. The van der Waals surface area contributed by atoms with Gasteiger partial charge in [-0.15, -0.1) is 11.6 Å². The molecule has 0 spiro atoms. The molecule has 1 unspecified atom stereocenters. The van der Waals surface area contributed by atoms with Crippen molar-refractivity contribution in [2.24, 2.45) is 0 Å². The Balaban J connectivity index is 2.96. The first-order chi connectivity index (χ1) is 5.65. The molecule has 4 heteroatoms. The number of alkyl halides is 1. The summed E-state index contributed by atoms with van der Waals surface area (Å²) >= 11 is 11.0. The number of phenols is 1. The van der Waals surface area contributed by atoms with E-state index in [2.05, 4.69) is 0 Å². The third-order valence-electron chi connectivity index (χ3n) is 1.50. The van der Waals surface area contributed by atoms with Gasteiger partial charge in [-0.2, -0.15) is 0 Å². The van der Waals surface area contributed by atoms with Gasteiger partial charge in [-0.05, 0) is 17.7 Å². The highest BCUT2D eigenvalue weighted by molar-refractivity contribution is 6.32. The van der Waals surface area contributed by atoms with Gasteiger partial charge in [0.1, 0.15) is 5.75 Å². The summed E-state index contributed by atoms with van der Waals surface area (Å²) in [6.07, 6.45) is -0.732. The fourth-order valence-electron chi connectivity index (χ4n) is 0.820. The van der Waals surface area contributed by atoms with Crippen LogP contribution in [0, 0.1) is 0 Å². The van der Waals surface area contributed by atoms with Crippen molar-refractivity contribution in [2.45, 2.75) is 6.10 Å². The van der Waals surface area contributed by atoms with Crippen LogP contribution in [0.15, 0.2) is 18.2 Å². The van der Waals surface area contributed by atoms with Crippen LogP contribution in [0.5, 0.6) is 5.75 Å². The molecule has 1 aromatic rings. The molecular formula is C8H8Cl2O2. The second-order valence-electron chi connectivity index (χ2n) is 2.38. The molecule has 1 atom stereocenters. The fraction of sp³-hybridized carbons (Fsp3) is 0.250. The number of aromatic hydroxyl groups is 1. The van der Waals surface area contributed by atoms with Gasteiger partial charge in [-0.1, -0.05) is 17.7 Å². The molecular weight excluding hydrogens is 199 g/mol. The van der Waals surface area contributed by atoms with Crippen molar-refractivity contribution in [3.63, 3.8) is 0 Å². The summed E-state index contributed by atoms with van der Waals surface area (Å²) in [5.41, 5.74) is 0.604. The topological polar surface area (TPSA) is 40.5 Å². The normalized spacial score (nSPS) is 12.9. The Morgan fingerprint density at radius 3 is 2.58 bits per heavy atom. The van der Waals surface area contributed by atoms with E-state index in [9.17, 15) is 5.11 Å². The second kappa shape index (κ2) is 3.99. The van der Waals surface area contributed by atoms with Gasteiger partial charge in [0.15, 0.2) is 0 Å². The number of benzene rings is 1. The van der Waals surface area contributed by atoms with Crippen LogP contribution < -0.4 is 0 Å². The lowest BCUT2D eigenvalue weighted by atomic mass is 10.1. The molecule has 1 rings (SSSR count). The van der Waals surface area contributed by atoms with Crippen molar-refractivity contribution in [3.05, 3.63) is 28.8 Å². The number of rotatable bonds is 2. The lowest BCUT2D eigenvalue weighted by Gasteiger charge is -2.07. The molecule has 0 saturated heterocycles. The summed E-state index contributed by atoms with van der Waals surface area (Å²) in [6.45, 7) is 0. The quantitative estimate of drug-likeness (QED) is 0.730. The Morgan fingerprint density at radius 2 is 2.08 bits per heavy atom. The van der Waals surface area contributed by atoms with Crippen LogP contribution >= 0.6 is 23.2 Å². The van der Waals surface area contributed by atoms with Crippen molar-refractivity contribution in [1.82, 2.24) is 0 Å². The third-order valence-corrected chi connectivity index (χ3v) is 2.10. The minimum Gasteiger partial charge on any atom is -0.506 e. The van der Waals surface area contributed by atoms with Crippen molar-refractivity contribution < 1.29 is 10.2 Å². The lowest BCUT2D eigenvalue weighted by molar-refractivity contribution is 0.202. The Morgan fingerprint density at radius 1 is 1.42 bits per heavy atom. The third kappa shape index (κ3) is 2.03. The molecule has 0 bridgehead atoms. The van der Waals surface area contributed by atoms with Crippen molar-refractivity contribution in [2.75, 3.05) is 5.88 Å². The van der Waals surface area contributed by atoms with Crippen LogP contribution in [0.4, 0.5) is 0 Å². The maximum atomic E-state index is 9.27. The molecule has 12 heavy (non-hydrogen) atoms. The number of aliphatic hydroxyl groups excluding tert-OH is 1. The highest BCUT2D eigenvalue weighted by Crippen LogP contribution is 2.26. The van der Waals surface area contributed by atoms with Crippen molar-refractivity contribution in [1.29, 1.82) is 0 Å². The van der Waals surface area contributed by atoms with E-state index in [-0.39, 0.29) is 16.7 Å². The summed E-state index contributed by atoms with van der Waals surface area (Å²) in [4.78, 5) is 0. The molecule has 2 N–H and O–H groups in total. The van der Waals surface area contributed by atoms with Gasteiger partial charge in [0.05, 0.1) is 17.0 Å². The highest BCUT2D eigenvalue weighted by atomic mass is 35.5. The van der Waals surface area contributed by atoms with Crippen LogP contribution in [0.1, 0.15) is 11.7 Å². The van der Waals surface area contributed by atoms with Crippen LogP contribution in [0.3, 0.4) is 0 Å². The van der Waals surface area contributed by atoms with Gasteiger partial charge >= 0.3 is 0 Å². The first-order valence-corrected chi connectivity index (χ1v) is 4.29. The van der Waals surface area contributed by atoms with Gasteiger partial charge in [0, 0.05) is 0 Å². The number of aliphatic hydroxyl groups is 1. The van der Waals surface area contributed by atoms with E-state index in [1.807, 2.05) is 0 Å². The zero-order valence-electron chi connectivity index (χ0n) is 6.17. The molecule has 0 aliphatic carbocycles. The molecule has 0 radical (unpaired) electrons. The van der Waals surface area contributed by atoms with Gasteiger partial charge in [-0.25, -0.2) is 0 Å². The number of halogens is 2. The van der Waals surface area contributed by atoms with Crippen LogP contribution in [0.2, 0.25) is 5.02 Å². The summed E-state index contributed by atoms with van der Waals surface area (Å²) in [6, 6.07) is 4.49. The van der Waals surface area contributed by atoms with Crippen molar-refractivity contribution >= 4 is 23.2 Å². The first kappa shape index (κ1) is 9.65. The molecule has 0 aromatic heterocycles. The molecule has 2 nitrogen and oxygen atoms in total. The van der Waals surface area contributed by atoms with Crippen LogP contribution in [-0.4, -0.2) is 16.1 Å². The van der Waals surface area contributed by atoms with Crippen LogP contribution in [0.25, 0.3) is 0 Å². The largest absolute Gasteiger partial charge is 0.506 e. The summed E-state index contributed by atoms with van der Waals surface area (Å²) in [5.74, 6) is 0.114. The minimum atomic E-state index is -0.732. The minimum absolute atomic E-state index is 0.00203. The van der Waals surface area contributed by atoms with Crippen molar-refractivity contribution in [3.8, 4) is 5.75 Å². The standard InChI is InChI=1S/C8H8Cl2O2/c9-4-8(12)5-1-2-7(11)6(10)3-5/h1-3,8,11-12H,4H2. The lowest BCUT2D eigenvalue weighted by Crippen LogP contribution is -1.97. The van der Waals surface area contributed by atoms with E-state index in [0.29, 0.717) is 5.56 Å². The summed E-state index contributed by atoms with van der Waals surface area (Å²) in [7, 11) is 0. The van der Waals surface area contributed by atoms with E-state index in [0.717, 1.165) is 0 Å². The molecule has 66 valence electrons. The fourth-order valence-corrected chi connectivity index (χ4v) is 1.19. The molecule has 0 saturated carbocycles. The summed E-state index contributed by atoms with van der Waals surface area (Å²) < 4.78 is 0. The zero-order chi connectivity index (χ0) is 9.14. The van der Waals surface area contributed by atoms with Gasteiger partial charge in [0.25, 0.3) is 0 Å². The number of hydrogen-bond acceptors (Lipinski definition) is 2. The van der Waals surface area contributed by atoms with E-state index in [4.69, 9.17) is 28.3 Å². The second-order valence-corrected chi connectivity index (χ2v) is 3.10. The average Bonchev–Trinajstić information content (AvgIpc) is 2.08. The number of phenolic OH excluding ortho intramolecular Hbond substituents is 1. The molecule has 0 aliphatic rings. The zero-order valence-corrected chi connectivity index (χ0v) is 7.68. The monoisotopic (exact) mass is 206 g/mol. The van der Waals surface area contributed by atoms with E-state index in [1.54, 1.807) is 6.07 Å². The first-order valence-electron chi connectivity index (χ1n) is 3.37. The van der Waals surface area contributed by atoms with E-state index >= 15 is 0 Å². The number of hydrogen-bond donors (Lipinski definition) is 2. The van der Waals surface area contributed by atoms with Gasteiger partial charge in [0.2, 0.25) is 0 Å². The highest BCUT2D eigenvalue weighted by Gasteiger charge is 2.07. The van der Waals surface area contributed by atoms with Gasteiger partial charge in [-0.3, -0.25) is 0 Å². The van der Waals surface area contributed by atoms with E-state index in [1.165, 1.54) is 12.1 Å². The Hall–Kier alpha value is -0.440. The van der Waals surface area contributed by atoms with E-state index < -0.39 is 6.10 Å². The van der Waals surface area contributed by atoms with Gasteiger partial charge < -0.3 is 10.2 Å². The Bertz CT molecular complexity index is 276. The average molecular weight is 207 g/mol. The Kier molecular flexibility index (Phi) is 3.20. The molecule has 0 heterocycles. The SMILES string of the molecule is Oc1ccc(C(O)CCl)cc1Cl. The van der Waals surface area contributed by atoms with Crippen LogP contribution in [-0.2, 0) is 0 Å². The summed E-state index contributed by atoms with van der Waals surface area (Å²) in [5, 5.41) is 18.5.